The van der Waals surface area contributed by atoms with Crippen molar-refractivity contribution in [3.63, 3.8) is 0 Å². The predicted molar refractivity (Wildman–Crippen MR) is 96.4 cm³/mol. The Morgan fingerprint density at radius 3 is 2.48 bits per heavy atom. The summed E-state index contributed by atoms with van der Waals surface area (Å²) in [5.74, 6) is 0.814. The third kappa shape index (κ3) is 7.66. The Hall–Kier alpha value is -0.620. The summed E-state index contributed by atoms with van der Waals surface area (Å²) in [4.78, 5) is 0. The first-order valence-corrected chi connectivity index (χ1v) is 9.06. The number of benzene rings is 1. The van der Waals surface area contributed by atoms with Crippen LogP contribution in [-0.4, -0.2) is 37.9 Å². The molecular formula is C18H29BrO4. The number of alkyl halides is 1. The molecule has 23 heavy (non-hydrogen) atoms. The van der Waals surface area contributed by atoms with Crippen LogP contribution < -0.4 is 4.74 Å². The molecule has 1 unspecified atom stereocenters. The minimum absolute atomic E-state index is 0.0774. The van der Waals surface area contributed by atoms with Crippen LogP contribution >= 0.6 is 15.9 Å². The van der Waals surface area contributed by atoms with Crippen LogP contribution in [0, 0.1) is 0 Å². The molecule has 1 atom stereocenters. The lowest BCUT2D eigenvalue weighted by Crippen LogP contribution is -2.27. The zero-order valence-corrected chi connectivity index (χ0v) is 16.4. The molecule has 0 N–H and O–H groups in total. The fraction of sp³-hybridized carbons (Fsp3) is 0.667. The van der Waals surface area contributed by atoms with Crippen molar-refractivity contribution < 1.29 is 18.9 Å². The molecule has 0 saturated heterocycles. The van der Waals surface area contributed by atoms with Crippen LogP contribution in [0.1, 0.15) is 45.5 Å². The molecule has 0 fully saturated rings. The van der Waals surface area contributed by atoms with E-state index in [0.717, 1.165) is 29.5 Å². The lowest BCUT2D eigenvalue weighted by molar-refractivity contribution is -0.106. The molecular weight excluding hydrogens is 360 g/mol. The normalized spacial score (nSPS) is 13.3. The van der Waals surface area contributed by atoms with E-state index >= 15 is 0 Å². The van der Waals surface area contributed by atoms with Gasteiger partial charge in [-0.15, -0.1) is 0 Å². The van der Waals surface area contributed by atoms with Crippen LogP contribution in [0.15, 0.2) is 24.3 Å². The molecule has 0 spiro atoms. The van der Waals surface area contributed by atoms with Crippen molar-refractivity contribution >= 4 is 15.9 Å². The number of ether oxygens (including phenoxy) is 4. The molecule has 0 radical (unpaired) electrons. The maximum atomic E-state index is 5.97. The summed E-state index contributed by atoms with van der Waals surface area (Å²) in [5, 5.41) is 0.943. The highest BCUT2D eigenvalue weighted by atomic mass is 79.9. The predicted octanol–water partition coefficient (Wildman–Crippen LogP) is 4.72. The van der Waals surface area contributed by atoms with E-state index in [1.807, 2.05) is 24.3 Å². The molecule has 0 aliphatic carbocycles. The first-order valence-electron chi connectivity index (χ1n) is 7.94. The Labute approximate surface area is 148 Å². The molecule has 1 aromatic carbocycles. The molecule has 0 bridgehead atoms. The number of methoxy groups -OCH3 is 2. The van der Waals surface area contributed by atoms with Gasteiger partial charge in [-0.1, -0.05) is 28.1 Å². The molecule has 132 valence electrons. The highest BCUT2D eigenvalue weighted by Gasteiger charge is 2.18. The molecule has 0 saturated carbocycles. The van der Waals surface area contributed by atoms with Crippen molar-refractivity contribution in [3.05, 3.63) is 29.8 Å². The molecule has 5 heteroatoms. The highest BCUT2D eigenvalue weighted by molar-refractivity contribution is 9.09. The Balaban J connectivity index is 2.48. The number of hydrogen-bond donors (Lipinski definition) is 0. The minimum atomic E-state index is -0.373. The van der Waals surface area contributed by atoms with Gasteiger partial charge in [0.15, 0.2) is 6.29 Å². The van der Waals surface area contributed by atoms with E-state index in [0.29, 0.717) is 6.61 Å². The average molecular weight is 389 g/mol. The van der Waals surface area contributed by atoms with Crippen LogP contribution in [0.5, 0.6) is 5.75 Å². The van der Waals surface area contributed by atoms with Crippen molar-refractivity contribution in [1.82, 2.24) is 0 Å². The van der Waals surface area contributed by atoms with Crippen molar-refractivity contribution in [3.8, 4) is 5.75 Å². The third-order valence-electron chi connectivity index (χ3n) is 3.61. The van der Waals surface area contributed by atoms with E-state index in [1.54, 1.807) is 14.2 Å². The van der Waals surface area contributed by atoms with E-state index in [4.69, 9.17) is 18.9 Å². The zero-order chi connectivity index (χ0) is 17.3. The first kappa shape index (κ1) is 20.4. The van der Waals surface area contributed by atoms with Gasteiger partial charge in [-0.25, -0.2) is 0 Å². The summed E-state index contributed by atoms with van der Waals surface area (Å²) < 4.78 is 22.4. The van der Waals surface area contributed by atoms with Crippen LogP contribution in [0.3, 0.4) is 0 Å². The Kier molecular flexibility index (Phi) is 9.14. The van der Waals surface area contributed by atoms with Crippen LogP contribution in [0.4, 0.5) is 0 Å². The van der Waals surface area contributed by atoms with Crippen molar-refractivity contribution in [2.45, 2.75) is 51.6 Å². The SMILES string of the molecule is COC(OC)c1cccc(OC(C)CCOC(C)(C)CCBr)c1. The molecule has 0 heterocycles. The summed E-state index contributed by atoms with van der Waals surface area (Å²) in [6.45, 7) is 6.95. The standard InChI is InChI=1S/C18H29BrO4/c1-14(9-12-22-18(2,3)10-11-19)23-16-8-6-7-15(13-16)17(20-4)21-5/h6-8,13-14,17H,9-12H2,1-5H3. The second-order valence-electron chi connectivity index (χ2n) is 6.14. The number of rotatable bonds is 11. The van der Waals surface area contributed by atoms with Crippen molar-refractivity contribution in [2.75, 3.05) is 26.2 Å². The van der Waals surface area contributed by atoms with Gasteiger partial charge < -0.3 is 18.9 Å². The van der Waals surface area contributed by atoms with Gasteiger partial charge in [-0.3, -0.25) is 0 Å². The molecule has 0 aromatic heterocycles. The lowest BCUT2D eigenvalue weighted by atomic mass is 10.1. The first-order chi connectivity index (χ1) is 10.9. The molecule has 0 aliphatic rings. The van der Waals surface area contributed by atoms with E-state index in [-0.39, 0.29) is 18.0 Å². The monoisotopic (exact) mass is 388 g/mol. The van der Waals surface area contributed by atoms with Gasteiger partial charge in [0.1, 0.15) is 5.75 Å². The molecule has 0 aliphatic heterocycles. The van der Waals surface area contributed by atoms with E-state index in [1.165, 1.54) is 0 Å². The molecule has 4 nitrogen and oxygen atoms in total. The zero-order valence-electron chi connectivity index (χ0n) is 14.8. The van der Waals surface area contributed by atoms with Crippen molar-refractivity contribution in [2.24, 2.45) is 0 Å². The van der Waals surface area contributed by atoms with Gasteiger partial charge in [0.2, 0.25) is 0 Å². The summed E-state index contributed by atoms with van der Waals surface area (Å²) in [6, 6.07) is 7.79. The summed E-state index contributed by atoms with van der Waals surface area (Å²) in [5.41, 5.74) is 0.835. The van der Waals surface area contributed by atoms with Gasteiger partial charge >= 0.3 is 0 Å². The molecule has 1 rings (SSSR count). The van der Waals surface area contributed by atoms with Gasteiger partial charge in [0, 0.05) is 31.5 Å². The summed E-state index contributed by atoms with van der Waals surface area (Å²) in [6.07, 6.45) is 1.53. The largest absolute Gasteiger partial charge is 0.491 e. The van der Waals surface area contributed by atoms with E-state index in [2.05, 4.69) is 36.7 Å². The second-order valence-corrected chi connectivity index (χ2v) is 6.93. The van der Waals surface area contributed by atoms with Gasteiger partial charge in [0.05, 0.1) is 18.3 Å². The van der Waals surface area contributed by atoms with Gasteiger partial charge in [-0.2, -0.15) is 0 Å². The van der Waals surface area contributed by atoms with Crippen molar-refractivity contribution in [1.29, 1.82) is 0 Å². The Morgan fingerprint density at radius 1 is 1.17 bits per heavy atom. The average Bonchev–Trinajstić information content (AvgIpc) is 2.48. The molecule has 0 amide bonds. The van der Waals surface area contributed by atoms with Crippen LogP contribution in [0.25, 0.3) is 0 Å². The Bertz CT molecular complexity index is 446. The fourth-order valence-electron chi connectivity index (χ4n) is 2.20. The second kappa shape index (κ2) is 10.3. The van der Waals surface area contributed by atoms with Crippen LogP contribution in [0.2, 0.25) is 0 Å². The summed E-state index contributed by atoms with van der Waals surface area (Å²) >= 11 is 3.46. The smallest absolute Gasteiger partial charge is 0.183 e. The van der Waals surface area contributed by atoms with Crippen LogP contribution in [-0.2, 0) is 14.2 Å². The molecule has 1 aromatic rings. The topological polar surface area (TPSA) is 36.9 Å². The minimum Gasteiger partial charge on any atom is -0.491 e. The third-order valence-corrected chi connectivity index (χ3v) is 4.01. The van der Waals surface area contributed by atoms with E-state index < -0.39 is 0 Å². The maximum absolute atomic E-state index is 5.97. The maximum Gasteiger partial charge on any atom is 0.183 e. The Morgan fingerprint density at radius 2 is 1.87 bits per heavy atom. The highest BCUT2D eigenvalue weighted by Crippen LogP contribution is 2.23. The van der Waals surface area contributed by atoms with Gasteiger partial charge in [-0.05, 0) is 39.3 Å². The summed E-state index contributed by atoms with van der Waals surface area (Å²) in [7, 11) is 3.24. The van der Waals surface area contributed by atoms with Gasteiger partial charge in [0.25, 0.3) is 0 Å². The van der Waals surface area contributed by atoms with E-state index in [9.17, 15) is 0 Å². The quantitative estimate of drug-likeness (QED) is 0.406. The lowest BCUT2D eigenvalue weighted by Gasteiger charge is -2.25. The number of halogens is 1. The number of hydrogen-bond acceptors (Lipinski definition) is 4. The fourth-order valence-corrected chi connectivity index (χ4v) is 3.15.